The number of rotatable bonds is 2. The van der Waals surface area contributed by atoms with Gasteiger partial charge < -0.3 is 0 Å². The second-order valence-electron chi connectivity index (χ2n) is 2.76. The van der Waals surface area contributed by atoms with E-state index in [0.29, 0.717) is 0 Å². The van der Waals surface area contributed by atoms with Crippen LogP contribution in [0.25, 0.3) is 0 Å². The first kappa shape index (κ1) is 8.74. The Labute approximate surface area is 89.3 Å². The first-order chi connectivity index (χ1) is 6.29. The third-order valence-corrected chi connectivity index (χ3v) is 2.52. The second-order valence-corrected chi connectivity index (χ2v) is 4.49. The molecule has 66 valence electrons. The van der Waals surface area contributed by atoms with E-state index in [2.05, 4.69) is 43.3 Å². The molecule has 0 amide bonds. The molecular formula is C8H7IN4. The molecule has 2 rings (SSSR count). The highest BCUT2D eigenvalue weighted by atomic mass is 127. The summed E-state index contributed by atoms with van der Waals surface area (Å²) in [6.45, 7) is 0. The Hall–Kier alpha value is -0.850. The van der Waals surface area contributed by atoms with Crippen LogP contribution in [0.15, 0.2) is 51.0 Å². The minimum absolute atomic E-state index is 0.515. The minimum Gasteiger partial charge on any atom is -0.123 e. The van der Waals surface area contributed by atoms with Gasteiger partial charge in [0, 0.05) is 6.42 Å². The molecule has 0 saturated carbocycles. The highest BCUT2D eigenvalue weighted by molar-refractivity contribution is 14.1. The maximum absolute atomic E-state index is 3.94. The summed E-state index contributed by atoms with van der Waals surface area (Å²) in [5.41, 5.74) is 1.19. The van der Waals surface area contributed by atoms with Gasteiger partial charge in [0.2, 0.25) is 3.67 Å². The molecule has 0 bridgehead atoms. The third-order valence-electron chi connectivity index (χ3n) is 1.71. The molecule has 4 nitrogen and oxygen atoms in total. The van der Waals surface area contributed by atoms with Crippen molar-refractivity contribution in [2.45, 2.75) is 10.1 Å². The molecule has 0 saturated heterocycles. The molecule has 0 atom stereocenters. The zero-order valence-corrected chi connectivity index (χ0v) is 8.92. The molecule has 1 heterocycles. The van der Waals surface area contributed by atoms with Crippen molar-refractivity contribution in [3.05, 3.63) is 35.9 Å². The van der Waals surface area contributed by atoms with Crippen LogP contribution in [0.2, 0.25) is 0 Å². The Bertz CT molecular complexity index is 334. The van der Waals surface area contributed by atoms with Gasteiger partial charge in [0.05, 0.1) is 0 Å². The molecule has 0 radical (unpaired) electrons. The van der Waals surface area contributed by atoms with Crippen LogP contribution in [0.3, 0.4) is 0 Å². The van der Waals surface area contributed by atoms with Crippen LogP contribution in [-0.2, 0) is 6.42 Å². The third kappa shape index (κ3) is 2.09. The van der Waals surface area contributed by atoms with Crippen molar-refractivity contribution in [2.24, 2.45) is 20.7 Å². The Morgan fingerprint density at radius 1 is 1.08 bits per heavy atom. The monoisotopic (exact) mass is 286 g/mol. The fourth-order valence-electron chi connectivity index (χ4n) is 1.12. The highest BCUT2D eigenvalue weighted by Gasteiger charge is 2.29. The van der Waals surface area contributed by atoms with E-state index in [4.69, 9.17) is 0 Å². The highest BCUT2D eigenvalue weighted by Crippen LogP contribution is 2.31. The summed E-state index contributed by atoms with van der Waals surface area (Å²) in [5.74, 6) is 0. The van der Waals surface area contributed by atoms with Crippen molar-refractivity contribution in [1.29, 1.82) is 0 Å². The molecule has 1 aliphatic rings. The van der Waals surface area contributed by atoms with Crippen molar-refractivity contribution >= 4 is 22.6 Å². The number of hydrogen-bond donors (Lipinski definition) is 0. The van der Waals surface area contributed by atoms with Gasteiger partial charge in [-0.05, 0) is 38.6 Å². The molecule has 0 spiro atoms. The van der Waals surface area contributed by atoms with Gasteiger partial charge >= 0.3 is 0 Å². The summed E-state index contributed by atoms with van der Waals surface area (Å²) >= 11 is 2.15. The SMILES string of the molecule is IC1(Cc2ccccc2)N=NN=N1. The van der Waals surface area contributed by atoms with E-state index in [1.165, 1.54) is 5.56 Å². The number of benzene rings is 1. The summed E-state index contributed by atoms with van der Waals surface area (Å²) in [7, 11) is 0. The lowest BCUT2D eigenvalue weighted by atomic mass is 10.1. The van der Waals surface area contributed by atoms with Crippen molar-refractivity contribution in [3.8, 4) is 0 Å². The largest absolute Gasteiger partial charge is 0.248 e. The summed E-state index contributed by atoms with van der Waals surface area (Å²) in [6.07, 6.45) is 0.738. The van der Waals surface area contributed by atoms with Gasteiger partial charge in [0.1, 0.15) is 0 Å². The van der Waals surface area contributed by atoms with Crippen LogP contribution in [0.5, 0.6) is 0 Å². The van der Waals surface area contributed by atoms with Gasteiger partial charge in [-0.1, -0.05) is 30.3 Å². The predicted molar refractivity (Wildman–Crippen MR) is 56.6 cm³/mol. The van der Waals surface area contributed by atoms with Crippen LogP contribution in [-0.4, -0.2) is 3.67 Å². The molecule has 0 fully saturated rings. The van der Waals surface area contributed by atoms with Gasteiger partial charge in [-0.2, -0.15) is 0 Å². The summed E-state index contributed by atoms with van der Waals surface area (Å²) in [6, 6.07) is 10.1. The molecular weight excluding hydrogens is 279 g/mol. The van der Waals surface area contributed by atoms with E-state index in [9.17, 15) is 0 Å². The fourth-order valence-corrected chi connectivity index (χ4v) is 1.76. The Morgan fingerprint density at radius 3 is 2.31 bits per heavy atom. The lowest BCUT2D eigenvalue weighted by molar-refractivity contribution is 0.668. The van der Waals surface area contributed by atoms with Crippen molar-refractivity contribution < 1.29 is 0 Å². The maximum Gasteiger partial charge on any atom is 0.248 e. The molecule has 0 unspecified atom stereocenters. The van der Waals surface area contributed by atoms with E-state index in [-0.39, 0.29) is 0 Å². The molecule has 1 aromatic rings. The first-order valence-electron chi connectivity index (χ1n) is 3.85. The van der Waals surface area contributed by atoms with Crippen LogP contribution >= 0.6 is 22.6 Å². The van der Waals surface area contributed by atoms with Gasteiger partial charge in [-0.3, -0.25) is 0 Å². The quantitative estimate of drug-likeness (QED) is 0.455. The molecule has 13 heavy (non-hydrogen) atoms. The van der Waals surface area contributed by atoms with Crippen molar-refractivity contribution in [3.63, 3.8) is 0 Å². The lowest BCUT2D eigenvalue weighted by Gasteiger charge is -2.10. The van der Waals surface area contributed by atoms with Gasteiger partial charge in [-0.15, -0.1) is 10.2 Å². The smallest absolute Gasteiger partial charge is 0.123 e. The summed E-state index contributed by atoms with van der Waals surface area (Å²) in [4.78, 5) is 0. The predicted octanol–water partition coefficient (Wildman–Crippen LogP) is 3.15. The van der Waals surface area contributed by atoms with E-state index < -0.39 is 3.67 Å². The van der Waals surface area contributed by atoms with Crippen LogP contribution < -0.4 is 0 Å². The number of halogens is 1. The zero-order valence-electron chi connectivity index (χ0n) is 6.76. The summed E-state index contributed by atoms with van der Waals surface area (Å²) < 4.78 is -0.515. The molecule has 1 aromatic carbocycles. The van der Waals surface area contributed by atoms with Gasteiger partial charge in [0.25, 0.3) is 0 Å². The molecule has 5 heteroatoms. The van der Waals surface area contributed by atoms with E-state index in [0.717, 1.165) is 6.42 Å². The average molecular weight is 286 g/mol. The van der Waals surface area contributed by atoms with Crippen LogP contribution in [0, 0.1) is 0 Å². The Balaban J connectivity index is 2.15. The van der Waals surface area contributed by atoms with Gasteiger partial charge in [0.15, 0.2) is 0 Å². The number of alkyl halides is 1. The van der Waals surface area contributed by atoms with E-state index in [1.54, 1.807) is 0 Å². The lowest BCUT2D eigenvalue weighted by Crippen LogP contribution is -2.14. The standard InChI is InChI=1S/C8H7IN4/c9-8(10-12-13-11-8)6-7-4-2-1-3-5-7/h1-5H,6H2. The van der Waals surface area contributed by atoms with Gasteiger partial charge in [-0.25, -0.2) is 0 Å². The molecule has 0 aromatic heterocycles. The van der Waals surface area contributed by atoms with E-state index >= 15 is 0 Å². The maximum atomic E-state index is 3.94. The van der Waals surface area contributed by atoms with Crippen LogP contribution in [0.4, 0.5) is 0 Å². The minimum atomic E-state index is -0.515. The number of hydrogen-bond acceptors (Lipinski definition) is 4. The van der Waals surface area contributed by atoms with E-state index in [1.807, 2.05) is 30.3 Å². The Morgan fingerprint density at radius 2 is 1.69 bits per heavy atom. The van der Waals surface area contributed by atoms with Crippen molar-refractivity contribution in [1.82, 2.24) is 0 Å². The second kappa shape index (κ2) is 3.49. The Kier molecular flexibility index (Phi) is 2.34. The zero-order chi connectivity index (χ0) is 9.15. The molecule has 0 aliphatic carbocycles. The first-order valence-corrected chi connectivity index (χ1v) is 4.93. The topological polar surface area (TPSA) is 49.4 Å². The fraction of sp³-hybridized carbons (Fsp3) is 0.250. The average Bonchev–Trinajstić information content (AvgIpc) is 2.54. The number of nitrogens with zero attached hydrogens (tertiary/aromatic N) is 4. The van der Waals surface area contributed by atoms with Crippen molar-refractivity contribution in [2.75, 3.05) is 0 Å². The molecule has 1 aliphatic heterocycles. The van der Waals surface area contributed by atoms with Crippen LogP contribution in [0.1, 0.15) is 5.56 Å². The summed E-state index contributed by atoms with van der Waals surface area (Å²) in [5, 5.41) is 14.9. The molecule has 0 N–H and O–H groups in total. The normalized spacial score (nSPS) is 17.9.